The molecule has 0 amide bonds. The maximum absolute atomic E-state index is 11.7. The van der Waals surface area contributed by atoms with Crippen molar-refractivity contribution < 1.29 is 8.42 Å². The number of rotatable bonds is 3. The van der Waals surface area contributed by atoms with E-state index in [1.807, 2.05) is 20.2 Å². The zero-order valence-corrected chi connectivity index (χ0v) is 12.7. The Kier molecular flexibility index (Phi) is 4.01. The maximum atomic E-state index is 11.7. The number of hydrogen-bond donors (Lipinski definition) is 1. The van der Waals surface area contributed by atoms with Gasteiger partial charge in [0.1, 0.15) is 9.84 Å². The molecule has 1 heterocycles. The molecule has 0 spiro atoms. The molecule has 0 aromatic carbocycles. The highest BCUT2D eigenvalue weighted by atomic mass is 32.2. The van der Waals surface area contributed by atoms with Crippen molar-refractivity contribution in [2.24, 2.45) is 18.7 Å². The lowest BCUT2D eigenvalue weighted by molar-refractivity contribution is 0.308. The summed E-state index contributed by atoms with van der Waals surface area (Å²) in [6, 6.07) is -0.113. The third-order valence-electron chi connectivity index (χ3n) is 4.19. The first kappa shape index (κ1) is 14.5. The lowest BCUT2D eigenvalue weighted by Crippen LogP contribution is -2.33. The molecule has 0 bridgehead atoms. The highest BCUT2D eigenvalue weighted by molar-refractivity contribution is 7.91. The standard InChI is InChI=1S/C13H23N3O2S/c1-9-12(8-16(2)15-9)13(14)10-5-4-6-11(7-10)19(3,17)18/h8,10-11,13H,4-7,14H2,1-3H3. The molecule has 6 heteroatoms. The van der Waals surface area contributed by atoms with Crippen molar-refractivity contribution in [2.75, 3.05) is 6.26 Å². The van der Waals surface area contributed by atoms with Gasteiger partial charge in [0.05, 0.1) is 10.9 Å². The van der Waals surface area contributed by atoms with Crippen LogP contribution in [-0.2, 0) is 16.9 Å². The van der Waals surface area contributed by atoms with Gasteiger partial charge in [0.2, 0.25) is 0 Å². The van der Waals surface area contributed by atoms with Crippen LogP contribution in [0.2, 0.25) is 0 Å². The van der Waals surface area contributed by atoms with E-state index in [2.05, 4.69) is 5.10 Å². The Hall–Kier alpha value is -0.880. The van der Waals surface area contributed by atoms with E-state index >= 15 is 0 Å². The summed E-state index contributed by atoms with van der Waals surface area (Å²) in [7, 11) is -1.08. The Labute approximate surface area is 115 Å². The Balaban J connectivity index is 2.15. The molecule has 1 aliphatic carbocycles. The van der Waals surface area contributed by atoms with Gasteiger partial charge in [-0.25, -0.2) is 8.42 Å². The van der Waals surface area contributed by atoms with E-state index in [1.54, 1.807) is 4.68 Å². The Morgan fingerprint density at radius 3 is 2.68 bits per heavy atom. The lowest BCUT2D eigenvalue weighted by atomic mass is 9.81. The van der Waals surface area contributed by atoms with Crippen LogP contribution in [-0.4, -0.2) is 29.7 Å². The molecule has 5 nitrogen and oxygen atoms in total. The van der Waals surface area contributed by atoms with E-state index in [9.17, 15) is 8.42 Å². The van der Waals surface area contributed by atoms with Crippen molar-refractivity contribution in [3.8, 4) is 0 Å². The van der Waals surface area contributed by atoms with Gasteiger partial charge in [-0.05, 0) is 32.1 Å². The number of sulfone groups is 1. The van der Waals surface area contributed by atoms with E-state index in [4.69, 9.17) is 5.73 Å². The van der Waals surface area contributed by atoms with Gasteiger partial charge in [0, 0.05) is 31.1 Å². The molecule has 2 rings (SSSR count). The van der Waals surface area contributed by atoms with Gasteiger partial charge >= 0.3 is 0 Å². The maximum Gasteiger partial charge on any atom is 0.150 e. The van der Waals surface area contributed by atoms with Crippen LogP contribution in [0.25, 0.3) is 0 Å². The van der Waals surface area contributed by atoms with Crippen molar-refractivity contribution in [2.45, 2.75) is 43.9 Å². The Bertz CT molecular complexity index is 550. The second kappa shape index (κ2) is 5.25. The molecule has 1 aromatic rings. The number of nitrogens with zero attached hydrogens (tertiary/aromatic N) is 2. The summed E-state index contributed by atoms with van der Waals surface area (Å²) in [5, 5.41) is 4.09. The minimum Gasteiger partial charge on any atom is -0.324 e. The summed E-state index contributed by atoms with van der Waals surface area (Å²) in [5.41, 5.74) is 8.33. The number of hydrogen-bond acceptors (Lipinski definition) is 4. The quantitative estimate of drug-likeness (QED) is 0.909. The topological polar surface area (TPSA) is 78.0 Å². The normalized spacial score (nSPS) is 26.3. The van der Waals surface area contributed by atoms with Crippen molar-refractivity contribution in [1.29, 1.82) is 0 Å². The molecule has 1 aromatic heterocycles. The van der Waals surface area contributed by atoms with Crippen molar-refractivity contribution >= 4 is 9.84 Å². The fourth-order valence-electron chi connectivity index (χ4n) is 3.10. The van der Waals surface area contributed by atoms with Crippen LogP contribution < -0.4 is 5.73 Å². The van der Waals surface area contributed by atoms with Gasteiger partial charge in [-0.2, -0.15) is 5.10 Å². The first-order valence-electron chi connectivity index (χ1n) is 6.73. The SMILES string of the molecule is Cc1nn(C)cc1C(N)C1CCCC(S(C)(=O)=O)C1. The number of aromatic nitrogens is 2. The molecule has 108 valence electrons. The molecule has 3 atom stereocenters. The van der Waals surface area contributed by atoms with Crippen LogP contribution in [0, 0.1) is 12.8 Å². The zero-order valence-electron chi connectivity index (χ0n) is 11.8. The van der Waals surface area contributed by atoms with Crippen molar-refractivity contribution in [3.05, 3.63) is 17.5 Å². The van der Waals surface area contributed by atoms with Crippen molar-refractivity contribution in [1.82, 2.24) is 9.78 Å². The van der Waals surface area contributed by atoms with Gasteiger partial charge in [-0.3, -0.25) is 4.68 Å². The number of nitrogens with two attached hydrogens (primary N) is 1. The van der Waals surface area contributed by atoms with Gasteiger partial charge in [-0.1, -0.05) is 6.42 Å². The molecule has 0 saturated heterocycles. The molecule has 1 aliphatic rings. The zero-order chi connectivity index (χ0) is 14.2. The molecule has 19 heavy (non-hydrogen) atoms. The monoisotopic (exact) mass is 285 g/mol. The molecule has 1 saturated carbocycles. The Morgan fingerprint density at radius 2 is 2.16 bits per heavy atom. The second-order valence-corrected chi connectivity index (χ2v) is 8.07. The molecule has 0 radical (unpaired) electrons. The van der Waals surface area contributed by atoms with Crippen LogP contribution in [0.4, 0.5) is 0 Å². The van der Waals surface area contributed by atoms with Crippen LogP contribution in [0.1, 0.15) is 43.0 Å². The van der Waals surface area contributed by atoms with E-state index < -0.39 is 9.84 Å². The minimum absolute atomic E-state index is 0.113. The fourth-order valence-corrected chi connectivity index (χ4v) is 4.29. The van der Waals surface area contributed by atoms with Crippen LogP contribution in [0.3, 0.4) is 0 Å². The average molecular weight is 285 g/mol. The first-order valence-corrected chi connectivity index (χ1v) is 8.69. The van der Waals surface area contributed by atoms with E-state index in [0.717, 1.165) is 30.5 Å². The highest BCUT2D eigenvalue weighted by Gasteiger charge is 2.33. The summed E-state index contributed by atoms with van der Waals surface area (Å²) >= 11 is 0. The third kappa shape index (κ3) is 3.17. The molecule has 3 unspecified atom stereocenters. The molecule has 2 N–H and O–H groups in total. The van der Waals surface area contributed by atoms with E-state index in [0.29, 0.717) is 6.42 Å². The van der Waals surface area contributed by atoms with Gasteiger partial charge in [0.15, 0.2) is 0 Å². The van der Waals surface area contributed by atoms with Gasteiger partial charge in [-0.15, -0.1) is 0 Å². The van der Waals surface area contributed by atoms with E-state index in [1.165, 1.54) is 6.26 Å². The van der Waals surface area contributed by atoms with Crippen molar-refractivity contribution in [3.63, 3.8) is 0 Å². The molecule has 1 fully saturated rings. The van der Waals surface area contributed by atoms with Gasteiger partial charge in [0.25, 0.3) is 0 Å². The minimum atomic E-state index is -2.96. The Morgan fingerprint density at radius 1 is 1.47 bits per heavy atom. The summed E-state index contributed by atoms with van der Waals surface area (Å²) in [6.07, 6.45) is 6.67. The largest absolute Gasteiger partial charge is 0.324 e. The lowest BCUT2D eigenvalue weighted by Gasteiger charge is -2.31. The smallest absolute Gasteiger partial charge is 0.150 e. The predicted octanol–water partition coefficient (Wildman–Crippen LogP) is 1.33. The van der Waals surface area contributed by atoms with E-state index in [-0.39, 0.29) is 17.2 Å². The van der Waals surface area contributed by atoms with Crippen LogP contribution in [0.5, 0.6) is 0 Å². The second-order valence-electron chi connectivity index (χ2n) is 5.75. The third-order valence-corrected chi connectivity index (χ3v) is 5.83. The average Bonchev–Trinajstić information content (AvgIpc) is 2.66. The predicted molar refractivity (Wildman–Crippen MR) is 75.5 cm³/mol. The molecular formula is C13H23N3O2S. The molecule has 0 aliphatic heterocycles. The summed E-state index contributed by atoms with van der Waals surface area (Å²) < 4.78 is 25.2. The highest BCUT2D eigenvalue weighted by Crippen LogP contribution is 2.36. The van der Waals surface area contributed by atoms with Crippen LogP contribution >= 0.6 is 0 Å². The summed E-state index contributed by atoms with van der Waals surface area (Å²) in [5.74, 6) is 0.233. The van der Waals surface area contributed by atoms with Crippen LogP contribution in [0.15, 0.2) is 6.20 Å². The van der Waals surface area contributed by atoms with Gasteiger partial charge < -0.3 is 5.73 Å². The number of aryl methyl sites for hydroxylation is 2. The molecular weight excluding hydrogens is 262 g/mol. The fraction of sp³-hybridized carbons (Fsp3) is 0.769. The summed E-state index contributed by atoms with van der Waals surface area (Å²) in [4.78, 5) is 0. The first-order chi connectivity index (χ1) is 8.79. The summed E-state index contributed by atoms with van der Waals surface area (Å²) in [6.45, 7) is 1.95.